The van der Waals surface area contributed by atoms with Crippen molar-refractivity contribution >= 4 is 17.5 Å². The molecular weight excluding hydrogens is 292 g/mol. The van der Waals surface area contributed by atoms with Gasteiger partial charge in [0.05, 0.1) is 10.9 Å². The Morgan fingerprint density at radius 2 is 1.68 bits per heavy atom. The summed E-state index contributed by atoms with van der Waals surface area (Å²) in [4.78, 5) is 17.2. The van der Waals surface area contributed by atoms with E-state index < -0.39 is 0 Å². The summed E-state index contributed by atoms with van der Waals surface area (Å²) >= 11 is 1.74. The first-order valence-electron chi connectivity index (χ1n) is 8.91. The maximum atomic E-state index is 12.3. The van der Waals surface area contributed by atoms with E-state index in [4.69, 9.17) is 4.98 Å². The Balaban J connectivity index is 1.83. The molecule has 0 spiro atoms. The van der Waals surface area contributed by atoms with Gasteiger partial charge in [-0.3, -0.25) is 4.79 Å². The van der Waals surface area contributed by atoms with Gasteiger partial charge in [-0.1, -0.05) is 43.9 Å². The zero-order valence-electron chi connectivity index (χ0n) is 13.9. The van der Waals surface area contributed by atoms with E-state index in [1.54, 1.807) is 11.8 Å². The summed E-state index contributed by atoms with van der Waals surface area (Å²) in [6.45, 7) is 4.30. The van der Waals surface area contributed by atoms with Gasteiger partial charge in [0.25, 0.3) is 0 Å². The van der Waals surface area contributed by atoms with Crippen LogP contribution in [0.3, 0.4) is 0 Å². The van der Waals surface area contributed by atoms with Crippen molar-refractivity contribution in [1.82, 2.24) is 9.55 Å². The number of imidazole rings is 1. The quantitative estimate of drug-likeness (QED) is 0.735. The molecule has 1 atom stereocenters. The number of hydrogen-bond donors (Lipinski definition) is 0. The van der Waals surface area contributed by atoms with Crippen LogP contribution in [0.1, 0.15) is 81.6 Å². The molecule has 3 nitrogen and oxygen atoms in total. The highest BCUT2D eigenvalue weighted by Crippen LogP contribution is 2.37. The standard InChI is InChI=1S/C18H28N2OS/c1-13-14(2)20(15-9-5-3-6-10-15)18(19-13)22-17-12-8-4-7-11-16(17)21/h15,17H,3-12H2,1-2H3. The Kier molecular flexibility index (Phi) is 5.27. The molecule has 2 saturated carbocycles. The molecule has 2 fully saturated rings. The lowest BCUT2D eigenvalue weighted by molar-refractivity contribution is -0.118. The minimum Gasteiger partial charge on any atom is -0.320 e. The molecule has 122 valence electrons. The highest BCUT2D eigenvalue weighted by molar-refractivity contribution is 8.00. The van der Waals surface area contributed by atoms with Gasteiger partial charge in [-0.25, -0.2) is 4.98 Å². The first kappa shape index (κ1) is 16.1. The number of rotatable bonds is 3. The van der Waals surface area contributed by atoms with Crippen LogP contribution in [-0.2, 0) is 4.79 Å². The van der Waals surface area contributed by atoms with Crippen molar-refractivity contribution in [2.45, 2.75) is 94.5 Å². The van der Waals surface area contributed by atoms with Gasteiger partial charge in [0, 0.05) is 18.2 Å². The summed E-state index contributed by atoms with van der Waals surface area (Å²) in [5.41, 5.74) is 2.43. The van der Waals surface area contributed by atoms with Gasteiger partial charge >= 0.3 is 0 Å². The lowest BCUT2D eigenvalue weighted by Gasteiger charge is -2.26. The van der Waals surface area contributed by atoms with Crippen molar-refractivity contribution in [1.29, 1.82) is 0 Å². The van der Waals surface area contributed by atoms with E-state index in [2.05, 4.69) is 18.4 Å². The molecule has 1 unspecified atom stereocenters. The van der Waals surface area contributed by atoms with Crippen LogP contribution < -0.4 is 0 Å². The van der Waals surface area contributed by atoms with Crippen molar-refractivity contribution in [2.75, 3.05) is 0 Å². The maximum absolute atomic E-state index is 12.3. The normalized spacial score (nSPS) is 24.5. The Bertz CT molecular complexity index is 531. The van der Waals surface area contributed by atoms with Crippen LogP contribution in [0.25, 0.3) is 0 Å². The van der Waals surface area contributed by atoms with Gasteiger partial charge in [-0.15, -0.1) is 0 Å². The van der Waals surface area contributed by atoms with Gasteiger partial charge in [0.15, 0.2) is 5.16 Å². The molecule has 1 heterocycles. The Morgan fingerprint density at radius 1 is 1.00 bits per heavy atom. The minimum absolute atomic E-state index is 0.131. The summed E-state index contributed by atoms with van der Waals surface area (Å²) in [5.74, 6) is 0.441. The summed E-state index contributed by atoms with van der Waals surface area (Å²) in [6.07, 6.45) is 11.8. The van der Waals surface area contributed by atoms with Crippen LogP contribution in [0.15, 0.2) is 5.16 Å². The summed E-state index contributed by atoms with van der Waals surface area (Å²) in [6, 6.07) is 0.596. The molecule has 0 amide bonds. The Hall–Kier alpha value is -0.770. The predicted octanol–water partition coefficient (Wildman–Crippen LogP) is 5.00. The number of carbonyl (C=O) groups excluding carboxylic acids is 1. The zero-order chi connectivity index (χ0) is 15.5. The lowest BCUT2D eigenvalue weighted by atomic mass is 9.95. The van der Waals surface area contributed by atoms with Gasteiger partial charge in [-0.05, 0) is 39.5 Å². The first-order valence-corrected chi connectivity index (χ1v) is 9.79. The molecule has 0 saturated heterocycles. The topological polar surface area (TPSA) is 34.9 Å². The van der Waals surface area contributed by atoms with Crippen LogP contribution in [0.2, 0.25) is 0 Å². The first-order chi connectivity index (χ1) is 10.7. The summed E-state index contributed by atoms with van der Waals surface area (Å²) < 4.78 is 2.46. The number of carbonyl (C=O) groups is 1. The van der Waals surface area contributed by atoms with Crippen molar-refractivity contribution < 1.29 is 4.79 Å². The van der Waals surface area contributed by atoms with E-state index in [9.17, 15) is 4.79 Å². The largest absolute Gasteiger partial charge is 0.320 e. The Labute approximate surface area is 138 Å². The summed E-state index contributed by atoms with van der Waals surface area (Å²) in [5, 5.41) is 1.23. The number of hydrogen-bond acceptors (Lipinski definition) is 3. The third kappa shape index (κ3) is 3.42. The summed E-state index contributed by atoms with van der Waals surface area (Å²) in [7, 11) is 0. The molecule has 0 aromatic carbocycles. The zero-order valence-corrected chi connectivity index (χ0v) is 14.8. The van der Waals surface area contributed by atoms with Crippen molar-refractivity contribution in [2.24, 2.45) is 0 Å². The molecule has 3 rings (SSSR count). The van der Waals surface area contributed by atoms with E-state index in [1.165, 1.54) is 50.6 Å². The fraction of sp³-hybridized carbons (Fsp3) is 0.778. The number of thioether (sulfide) groups is 1. The second-order valence-corrected chi connectivity index (χ2v) is 8.07. The van der Waals surface area contributed by atoms with Crippen LogP contribution in [0.5, 0.6) is 0 Å². The highest BCUT2D eigenvalue weighted by atomic mass is 32.2. The minimum atomic E-state index is 0.131. The van der Waals surface area contributed by atoms with Gasteiger partial charge < -0.3 is 4.57 Å². The van der Waals surface area contributed by atoms with Crippen molar-refractivity contribution in [3.05, 3.63) is 11.4 Å². The third-order valence-electron chi connectivity index (χ3n) is 5.29. The molecule has 1 aromatic heterocycles. The highest BCUT2D eigenvalue weighted by Gasteiger charge is 2.27. The number of ketones is 1. The monoisotopic (exact) mass is 320 g/mol. The number of Topliss-reactive ketones (excluding diaryl/α,β-unsaturated/α-hetero) is 1. The van der Waals surface area contributed by atoms with E-state index in [-0.39, 0.29) is 5.25 Å². The molecule has 2 aliphatic rings. The van der Waals surface area contributed by atoms with Gasteiger partial charge in [-0.2, -0.15) is 0 Å². The van der Waals surface area contributed by atoms with Gasteiger partial charge in [0.2, 0.25) is 0 Å². The van der Waals surface area contributed by atoms with Crippen LogP contribution >= 0.6 is 11.8 Å². The number of nitrogens with zero attached hydrogens (tertiary/aromatic N) is 2. The average Bonchev–Trinajstić information content (AvgIpc) is 2.67. The number of aromatic nitrogens is 2. The predicted molar refractivity (Wildman–Crippen MR) is 91.6 cm³/mol. The Morgan fingerprint density at radius 3 is 2.45 bits per heavy atom. The molecule has 4 heteroatoms. The average molecular weight is 321 g/mol. The van der Waals surface area contributed by atoms with E-state index in [0.717, 1.165) is 30.1 Å². The molecule has 0 aliphatic heterocycles. The van der Waals surface area contributed by atoms with E-state index >= 15 is 0 Å². The maximum Gasteiger partial charge on any atom is 0.169 e. The molecule has 0 bridgehead atoms. The second-order valence-electron chi connectivity index (χ2n) is 6.90. The van der Waals surface area contributed by atoms with Crippen LogP contribution in [0.4, 0.5) is 0 Å². The van der Waals surface area contributed by atoms with E-state index in [1.807, 2.05) is 0 Å². The second kappa shape index (κ2) is 7.20. The number of aryl methyl sites for hydroxylation is 1. The lowest BCUT2D eigenvalue weighted by Crippen LogP contribution is -2.19. The molecule has 2 aliphatic carbocycles. The van der Waals surface area contributed by atoms with Crippen molar-refractivity contribution in [3.63, 3.8) is 0 Å². The molecular formula is C18H28N2OS. The third-order valence-corrected chi connectivity index (χ3v) is 6.57. The molecule has 1 aromatic rings. The van der Waals surface area contributed by atoms with Crippen LogP contribution in [0, 0.1) is 13.8 Å². The fourth-order valence-corrected chi connectivity index (χ4v) is 5.21. The van der Waals surface area contributed by atoms with Crippen LogP contribution in [-0.4, -0.2) is 20.6 Å². The van der Waals surface area contributed by atoms with Crippen molar-refractivity contribution in [3.8, 4) is 0 Å². The molecule has 22 heavy (non-hydrogen) atoms. The van der Waals surface area contributed by atoms with E-state index in [0.29, 0.717) is 11.8 Å². The van der Waals surface area contributed by atoms with Gasteiger partial charge in [0.1, 0.15) is 5.78 Å². The molecule has 0 N–H and O–H groups in total. The smallest absolute Gasteiger partial charge is 0.169 e. The molecule has 0 radical (unpaired) electrons. The fourth-order valence-electron chi connectivity index (χ4n) is 3.83. The SMILES string of the molecule is Cc1nc(SC2CCCCCC2=O)n(C2CCCCC2)c1C.